The van der Waals surface area contributed by atoms with E-state index in [1.165, 1.54) is 6.07 Å². The predicted octanol–water partition coefficient (Wildman–Crippen LogP) is 3.95. The Morgan fingerprint density at radius 3 is 2.50 bits per heavy atom. The molecule has 4 rings (SSSR count). The van der Waals surface area contributed by atoms with Crippen LogP contribution >= 0.6 is 11.6 Å². The van der Waals surface area contributed by atoms with Gasteiger partial charge in [-0.25, -0.2) is 4.39 Å². The first kappa shape index (κ1) is 37.6. The van der Waals surface area contributed by atoms with Gasteiger partial charge in [-0.2, -0.15) is 0 Å². The van der Waals surface area contributed by atoms with Gasteiger partial charge in [0, 0.05) is 48.7 Å². The topological polar surface area (TPSA) is 138 Å². The molecular weight excluding hydrogens is 607 g/mol. The maximum absolute atomic E-state index is 13.9. The molecule has 1 unspecified atom stereocenters. The van der Waals surface area contributed by atoms with Crippen molar-refractivity contribution in [3.8, 4) is 11.8 Å². The van der Waals surface area contributed by atoms with Crippen molar-refractivity contribution in [2.45, 2.75) is 44.8 Å². The maximum Gasteiger partial charge on any atom is 0.284 e. The lowest BCUT2D eigenvalue weighted by Crippen LogP contribution is -2.24. The van der Waals surface area contributed by atoms with E-state index in [0.29, 0.717) is 28.1 Å². The molecule has 1 aliphatic carbocycles. The number of nitrogens with one attached hydrogen (secondary N) is 4. The number of nitrogens with two attached hydrogens (primary N) is 1. The van der Waals surface area contributed by atoms with Crippen LogP contribution in [0.1, 0.15) is 53.7 Å². The summed E-state index contributed by atoms with van der Waals surface area (Å²) in [6.07, 6.45) is 8.49. The van der Waals surface area contributed by atoms with Crippen molar-refractivity contribution in [3.63, 3.8) is 0 Å². The van der Waals surface area contributed by atoms with Crippen molar-refractivity contribution in [2.24, 2.45) is 10.7 Å². The second kappa shape index (κ2) is 19.1. The van der Waals surface area contributed by atoms with Gasteiger partial charge in [0.25, 0.3) is 5.91 Å². The monoisotopic (exact) mass is 648 g/mol. The van der Waals surface area contributed by atoms with E-state index in [-0.39, 0.29) is 30.2 Å². The highest BCUT2D eigenvalue weighted by Crippen LogP contribution is 2.45. The Labute approximate surface area is 275 Å². The summed E-state index contributed by atoms with van der Waals surface area (Å²) >= 11 is 5.92. The van der Waals surface area contributed by atoms with Gasteiger partial charge in [-0.1, -0.05) is 47.9 Å². The molecule has 2 aliphatic rings. The Bertz CT molecular complexity index is 1560. The van der Waals surface area contributed by atoms with Crippen LogP contribution in [0.5, 0.6) is 0 Å². The van der Waals surface area contributed by atoms with Crippen molar-refractivity contribution in [1.29, 1.82) is 0 Å². The Morgan fingerprint density at radius 2 is 1.93 bits per heavy atom. The van der Waals surface area contributed by atoms with Gasteiger partial charge < -0.3 is 27.0 Å². The number of halogens is 2. The number of rotatable bonds is 9. The molecule has 244 valence electrons. The fraction of sp³-hybridized carbons (Fsp3) is 0.314. The molecule has 1 atom stereocenters. The average molecular weight is 649 g/mol. The standard InChI is InChI=1S/C15H20FN3.C10H13ClN2.C10H9NO3/c1-10(17)14(9-18-2)11-6-12(8-13(16)7-11)15(19-3)4-5-15;1-8(12-2)5-6-10-9(11)4-3-7-13-10;12-6-9-4-2-1-3-8(9)5-11-10(14)7-13/h6-9,19H,4-5,17H2,1-3H3;3-4,8,12-13H,7H2,1-2H3;1-4,6-7H,5H2,(H,11,14)/b14-10+,18-9?;;. The first-order valence-electron chi connectivity index (χ1n) is 14.7. The van der Waals surface area contributed by atoms with Gasteiger partial charge in [-0.3, -0.25) is 19.4 Å². The van der Waals surface area contributed by atoms with Crippen LogP contribution in [0.15, 0.2) is 76.0 Å². The van der Waals surface area contributed by atoms with Crippen LogP contribution in [-0.2, 0) is 21.7 Å². The molecule has 1 heterocycles. The van der Waals surface area contributed by atoms with Gasteiger partial charge in [-0.05, 0) is 87.7 Å². The number of aldehydes is 2. The quantitative estimate of drug-likeness (QED) is 0.120. The van der Waals surface area contributed by atoms with Gasteiger partial charge in [-0.15, -0.1) is 0 Å². The summed E-state index contributed by atoms with van der Waals surface area (Å²) in [5.41, 5.74) is 11.0. The summed E-state index contributed by atoms with van der Waals surface area (Å²) in [6, 6.07) is 12.1. The van der Waals surface area contributed by atoms with Crippen LogP contribution in [0.4, 0.5) is 4.39 Å². The molecule has 1 aliphatic heterocycles. The van der Waals surface area contributed by atoms with E-state index in [1.54, 1.807) is 50.5 Å². The number of amides is 1. The highest BCUT2D eigenvalue weighted by atomic mass is 35.5. The highest BCUT2D eigenvalue weighted by Gasteiger charge is 2.43. The number of carbonyl (C=O) groups excluding carboxylic acids is 3. The molecule has 46 heavy (non-hydrogen) atoms. The number of aliphatic imine (C=N–C) groups is 1. The molecule has 1 saturated carbocycles. The zero-order chi connectivity index (χ0) is 34.1. The number of hydrogen-bond acceptors (Lipinski definition) is 8. The molecule has 1 amide bonds. The minimum absolute atomic E-state index is 0.0617. The van der Waals surface area contributed by atoms with Crippen molar-refractivity contribution < 1.29 is 18.8 Å². The lowest BCUT2D eigenvalue weighted by Gasteiger charge is -2.16. The number of dihydropyridines is 1. The summed E-state index contributed by atoms with van der Waals surface area (Å²) in [4.78, 5) is 35.2. The minimum Gasteiger partial charge on any atom is -0.402 e. The molecule has 6 N–H and O–H groups in total. The number of nitrogens with zero attached hydrogens (tertiary/aromatic N) is 1. The fourth-order valence-electron chi connectivity index (χ4n) is 4.24. The SMILES string of the molecule is CN=C/C(=C(/C)N)c1cc(F)cc(C2(NC)CC2)c1.CNC(C)C#CC1=C(Cl)C=CCN1.O=CC(=O)NCc1ccccc1C=O. The van der Waals surface area contributed by atoms with E-state index in [2.05, 4.69) is 38.1 Å². The molecule has 1 fully saturated rings. The highest BCUT2D eigenvalue weighted by molar-refractivity contribution is 6.31. The largest absolute Gasteiger partial charge is 0.402 e. The van der Waals surface area contributed by atoms with Crippen LogP contribution in [0.25, 0.3) is 5.57 Å². The normalized spacial score (nSPS) is 15.4. The van der Waals surface area contributed by atoms with Crippen LogP contribution < -0.4 is 27.0 Å². The molecule has 0 radical (unpaired) electrons. The summed E-state index contributed by atoms with van der Waals surface area (Å²) in [5, 5.41) is 12.5. The van der Waals surface area contributed by atoms with Gasteiger partial charge in [0.05, 0.1) is 11.1 Å². The molecule has 2 aromatic carbocycles. The van der Waals surface area contributed by atoms with Crippen molar-refractivity contribution in [1.82, 2.24) is 21.3 Å². The molecule has 9 nitrogen and oxygen atoms in total. The smallest absolute Gasteiger partial charge is 0.284 e. The lowest BCUT2D eigenvalue weighted by atomic mass is 9.97. The van der Waals surface area contributed by atoms with E-state index in [9.17, 15) is 18.8 Å². The van der Waals surface area contributed by atoms with Gasteiger partial charge in [0.15, 0.2) is 0 Å². The second-order valence-corrected chi connectivity index (χ2v) is 10.9. The molecule has 0 bridgehead atoms. The van der Waals surface area contributed by atoms with Crippen LogP contribution in [0, 0.1) is 17.7 Å². The molecule has 2 aromatic rings. The maximum atomic E-state index is 13.9. The zero-order valence-corrected chi connectivity index (χ0v) is 27.6. The third-order valence-corrected chi connectivity index (χ3v) is 7.48. The summed E-state index contributed by atoms with van der Waals surface area (Å²) in [6.45, 7) is 4.79. The number of carbonyl (C=O) groups is 3. The Morgan fingerprint density at radius 1 is 1.22 bits per heavy atom. The van der Waals surface area contributed by atoms with E-state index >= 15 is 0 Å². The predicted molar refractivity (Wildman–Crippen MR) is 184 cm³/mol. The van der Waals surface area contributed by atoms with E-state index < -0.39 is 5.91 Å². The molecule has 11 heteroatoms. The first-order valence-corrected chi connectivity index (χ1v) is 15.1. The number of benzene rings is 2. The second-order valence-electron chi connectivity index (χ2n) is 10.5. The third-order valence-electron chi connectivity index (χ3n) is 7.16. The number of allylic oxidation sites excluding steroid dienone is 5. The Hall–Kier alpha value is -4.56. The van der Waals surface area contributed by atoms with Crippen LogP contribution in [0.2, 0.25) is 0 Å². The van der Waals surface area contributed by atoms with Crippen molar-refractivity contribution in [3.05, 3.63) is 99.1 Å². The van der Waals surface area contributed by atoms with Gasteiger partial charge >= 0.3 is 0 Å². The zero-order valence-electron chi connectivity index (χ0n) is 26.8. The third kappa shape index (κ3) is 11.7. The van der Waals surface area contributed by atoms with Gasteiger partial charge in [0.1, 0.15) is 17.8 Å². The molecular formula is C35H42ClFN6O3. The summed E-state index contributed by atoms with van der Waals surface area (Å²) < 4.78 is 13.9. The van der Waals surface area contributed by atoms with E-state index in [0.717, 1.165) is 41.8 Å². The minimum atomic E-state index is -0.689. The van der Waals surface area contributed by atoms with E-state index in [1.807, 2.05) is 39.2 Å². The van der Waals surface area contributed by atoms with Crippen molar-refractivity contribution >= 4 is 41.9 Å². The first-order chi connectivity index (χ1) is 22.0. The fourth-order valence-corrected chi connectivity index (χ4v) is 4.45. The Kier molecular flexibility index (Phi) is 15.6. The molecule has 0 saturated heterocycles. The Balaban J connectivity index is 0.000000246. The van der Waals surface area contributed by atoms with Crippen LogP contribution in [-0.4, -0.2) is 58.4 Å². The van der Waals surface area contributed by atoms with E-state index in [4.69, 9.17) is 17.3 Å². The van der Waals surface area contributed by atoms with Gasteiger partial charge in [0.2, 0.25) is 6.29 Å². The van der Waals surface area contributed by atoms with Crippen molar-refractivity contribution in [2.75, 3.05) is 27.7 Å². The summed E-state index contributed by atoms with van der Waals surface area (Å²) in [5.74, 6) is 5.10. The number of hydrogen-bond donors (Lipinski definition) is 5. The van der Waals surface area contributed by atoms with Crippen LogP contribution in [0.3, 0.4) is 0 Å². The average Bonchev–Trinajstić information content (AvgIpc) is 3.87. The molecule has 0 spiro atoms. The molecule has 0 aromatic heterocycles. The lowest BCUT2D eigenvalue weighted by molar-refractivity contribution is -0.131. The summed E-state index contributed by atoms with van der Waals surface area (Å²) in [7, 11) is 5.47.